The zero-order valence-electron chi connectivity index (χ0n) is 31.7. The number of carbonyl (C=O) groups is 3. The number of aliphatic hydroxyl groups excluding tert-OH is 1. The van der Waals surface area contributed by atoms with E-state index in [1.165, 1.54) is 24.6 Å². The van der Waals surface area contributed by atoms with Crippen LogP contribution >= 0.6 is 11.8 Å². The fourth-order valence-corrected chi connectivity index (χ4v) is 8.47. The van der Waals surface area contributed by atoms with Crippen LogP contribution in [0.5, 0.6) is 0 Å². The third-order valence-corrected chi connectivity index (χ3v) is 11.0. The number of hydrogen-bond donors (Lipinski definition) is 4. The van der Waals surface area contributed by atoms with E-state index in [4.69, 9.17) is 4.74 Å². The number of fused-ring (bicyclic) bond motifs is 2. The molecular formula is C42H58N4O5S. The topological polar surface area (TPSA) is 120 Å². The molecule has 1 saturated carbocycles. The minimum Gasteiger partial charge on any atom is -0.444 e. The summed E-state index contributed by atoms with van der Waals surface area (Å²) in [5, 5.41) is 23.4. The van der Waals surface area contributed by atoms with Crippen molar-refractivity contribution in [3.05, 3.63) is 78.4 Å². The molecule has 10 heteroatoms. The lowest BCUT2D eigenvalue weighted by Crippen LogP contribution is -2.61. The van der Waals surface area contributed by atoms with Gasteiger partial charge in [-0.15, -0.1) is 11.8 Å². The number of nitrogens with zero attached hydrogens (tertiary/aromatic N) is 1. The van der Waals surface area contributed by atoms with Gasteiger partial charge in [-0.2, -0.15) is 0 Å². The molecule has 0 bridgehead atoms. The molecule has 3 amide bonds. The molecular weight excluding hydrogens is 673 g/mol. The summed E-state index contributed by atoms with van der Waals surface area (Å²) in [4.78, 5) is 44.1. The minimum atomic E-state index is -0.982. The van der Waals surface area contributed by atoms with E-state index in [1.54, 1.807) is 20.8 Å². The van der Waals surface area contributed by atoms with Gasteiger partial charge in [-0.25, -0.2) is 4.79 Å². The number of amides is 3. The lowest BCUT2D eigenvalue weighted by molar-refractivity contribution is -0.133. The van der Waals surface area contributed by atoms with Crippen molar-refractivity contribution in [3.8, 4) is 0 Å². The third kappa shape index (κ3) is 11.7. The number of piperidine rings is 1. The summed E-state index contributed by atoms with van der Waals surface area (Å²) in [6, 6.07) is 22.0. The van der Waals surface area contributed by atoms with E-state index in [0.29, 0.717) is 18.3 Å². The molecule has 3 aromatic carbocycles. The third-order valence-electron chi connectivity index (χ3n) is 9.96. The normalized spacial score (nSPS) is 21.3. The van der Waals surface area contributed by atoms with E-state index in [0.717, 1.165) is 47.0 Å². The number of β-amino-alcohol motifs (C(OH)–C–C–N with tert-alkyl or cyclic N) is 1. The summed E-state index contributed by atoms with van der Waals surface area (Å²) in [7, 11) is 0. The zero-order valence-corrected chi connectivity index (χ0v) is 32.5. The van der Waals surface area contributed by atoms with Crippen LogP contribution in [0.15, 0.2) is 77.7 Å². The highest BCUT2D eigenvalue weighted by molar-refractivity contribution is 7.99. The van der Waals surface area contributed by atoms with Crippen molar-refractivity contribution in [1.82, 2.24) is 20.9 Å². The van der Waals surface area contributed by atoms with Gasteiger partial charge in [0.2, 0.25) is 11.8 Å². The number of benzene rings is 3. The Morgan fingerprint density at radius 3 is 2.25 bits per heavy atom. The summed E-state index contributed by atoms with van der Waals surface area (Å²) >= 11 is 1.47. The highest BCUT2D eigenvalue weighted by atomic mass is 32.2. The maximum absolute atomic E-state index is 14.2. The summed E-state index contributed by atoms with van der Waals surface area (Å²) < 4.78 is 5.56. The molecule has 0 spiro atoms. The molecule has 2 aliphatic rings. The van der Waals surface area contributed by atoms with Crippen molar-refractivity contribution in [3.63, 3.8) is 0 Å². The molecule has 1 heterocycles. The highest BCUT2D eigenvalue weighted by Gasteiger charge is 2.42. The van der Waals surface area contributed by atoms with Gasteiger partial charge in [0.15, 0.2) is 0 Å². The largest absolute Gasteiger partial charge is 0.444 e. The number of carbonyl (C=O) groups excluding carboxylic acids is 3. The molecule has 4 N–H and O–H groups in total. The van der Waals surface area contributed by atoms with Crippen LogP contribution in [-0.4, -0.2) is 82.1 Å². The number of thioether (sulfide) groups is 1. The van der Waals surface area contributed by atoms with E-state index in [1.807, 2.05) is 81.4 Å². The predicted molar refractivity (Wildman–Crippen MR) is 209 cm³/mol. The maximum atomic E-state index is 14.2. The second-order valence-electron chi connectivity index (χ2n) is 16.6. The molecule has 1 unspecified atom stereocenters. The van der Waals surface area contributed by atoms with Gasteiger partial charge < -0.3 is 25.8 Å². The van der Waals surface area contributed by atoms with Crippen LogP contribution in [0.25, 0.3) is 10.8 Å². The minimum absolute atomic E-state index is 0.0142. The Morgan fingerprint density at radius 1 is 0.885 bits per heavy atom. The first kappa shape index (κ1) is 39.6. The predicted octanol–water partition coefficient (Wildman–Crippen LogP) is 6.71. The van der Waals surface area contributed by atoms with Crippen molar-refractivity contribution < 1.29 is 24.2 Å². The number of aliphatic hydroxyl groups is 1. The molecule has 0 aromatic heterocycles. The van der Waals surface area contributed by atoms with Crippen LogP contribution in [0.2, 0.25) is 0 Å². The molecule has 1 saturated heterocycles. The molecule has 1 aliphatic carbocycles. The first-order valence-electron chi connectivity index (χ1n) is 18.8. The number of likely N-dealkylation sites (tertiary alicyclic amines) is 1. The van der Waals surface area contributed by atoms with Crippen LogP contribution in [0.4, 0.5) is 4.79 Å². The summed E-state index contributed by atoms with van der Waals surface area (Å²) in [6.07, 6.45) is 4.12. The Hall–Kier alpha value is -3.60. The van der Waals surface area contributed by atoms with Crippen molar-refractivity contribution in [2.75, 3.05) is 18.8 Å². The van der Waals surface area contributed by atoms with Gasteiger partial charge in [-0.1, -0.05) is 79.9 Å². The molecule has 282 valence electrons. The number of rotatable bonds is 12. The maximum Gasteiger partial charge on any atom is 0.408 e. The summed E-state index contributed by atoms with van der Waals surface area (Å²) in [6.45, 7) is 12.3. The Balaban J connectivity index is 1.36. The molecule has 1 aliphatic heterocycles. The second-order valence-corrected chi connectivity index (χ2v) is 17.7. The van der Waals surface area contributed by atoms with Gasteiger partial charge in [0.25, 0.3) is 0 Å². The fourth-order valence-electron chi connectivity index (χ4n) is 7.50. The van der Waals surface area contributed by atoms with Crippen molar-refractivity contribution in [2.45, 2.75) is 120 Å². The molecule has 5 rings (SSSR count). The van der Waals surface area contributed by atoms with Crippen molar-refractivity contribution in [2.24, 2.45) is 11.8 Å². The first-order valence-corrected chi connectivity index (χ1v) is 19.8. The van der Waals surface area contributed by atoms with Gasteiger partial charge in [-0.3, -0.25) is 14.5 Å². The van der Waals surface area contributed by atoms with Gasteiger partial charge >= 0.3 is 6.09 Å². The zero-order chi connectivity index (χ0) is 37.5. The number of nitrogens with one attached hydrogen (secondary N) is 3. The Labute approximate surface area is 314 Å². The van der Waals surface area contributed by atoms with E-state index >= 15 is 0 Å². The van der Waals surface area contributed by atoms with Gasteiger partial charge in [0, 0.05) is 29.3 Å². The van der Waals surface area contributed by atoms with E-state index in [9.17, 15) is 19.5 Å². The molecule has 0 radical (unpaired) electrons. The quantitative estimate of drug-likeness (QED) is 0.153. The highest BCUT2D eigenvalue weighted by Crippen LogP contribution is 2.39. The van der Waals surface area contributed by atoms with Crippen molar-refractivity contribution >= 4 is 40.4 Å². The van der Waals surface area contributed by atoms with Gasteiger partial charge in [0.1, 0.15) is 11.6 Å². The Morgan fingerprint density at radius 2 is 1.56 bits per heavy atom. The van der Waals surface area contributed by atoms with Crippen LogP contribution in [0, 0.1) is 11.8 Å². The van der Waals surface area contributed by atoms with E-state index in [2.05, 4.69) is 33.0 Å². The van der Waals surface area contributed by atoms with Crippen LogP contribution in [0.1, 0.15) is 79.2 Å². The Bertz CT molecular complexity index is 1660. The first-order chi connectivity index (χ1) is 24.6. The molecule has 9 nitrogen and oxygen atoms in total. The molecule has 3 aromatic rings. The lowest BCUT2D eigenvalue weighted by Gasteiger charge is -2.47. The van der Waals surface area contributed by atoms with Crippen LogP contribution in [-0.2, 0) is 20.7 Å². The number of ether oxygens (including phenoxy) is 1. The molecule has 52 heavy (non-hydrogen) atoms. The standard InChI is InChI=1S/C42H58N4O5S/c1-41(2,3)45-39(49)36-24-31-18-12-13-19-32(31)25-46(36)26-37(47)34(22-28-14-8-7-9-15-28)43-38(48)35(44-40(50)51-42(4,5)6)27-52-33-21-20-29-16-10-11-17-30(29)23-33/h7-11,14-17,20-21,23,31-32,34-37,47H,12-13,18-19,22,24-27H2,1-6H3,(H,43,48)(H,44,50)(H,45,49)/t31-,32+,34-,35+,36?,37+/m0/s1. The number of hydrogen-bond acceptors (Lipinski definition) is 7. The summed E-state index contributed by atoms with van der Waals surface area (Å²) in [5.41, 5.74) is -0.165. The van der Waals surface area contributed by atoms with Gasteiger partial charge in [-0.05, 0) is 101 Å². The molecule has 2 fully saturated rings. The Kier molecular flexibility index (Phi) is 13.3. The van der Waals surface area contributed by atoms with Crippen LogP contribution in [0.3, 0.4) is 0 Å². The second kappa shape index (κ2) is 17.5. The molecule has 6 atom stereocenters. The van der Waals surface area contributed by atoms with Crippen LogP contribution < -0.4 is 16.0 Å². The fraction of sp³-hybridized carbons (Fsp3) is 0.548. The van der Waals surface area contributed by atoms with E-state index in [-0.39, 0.29) is 29.8 Å². The monoisotopic (exact) mass is 730 g/mol. The van der Waals surface area contributed by atoms with Crippen molar-refractivity contribution in [1.29, 1.82) is 0 Å². The number of alkyl carbamates (subject to hydrolysis) is 1. The smallest absolute Gasteiger partial charge is 0.408 e. The van der Waals surface area contributed by atoms with Gasteiger partial charge in [0.05, 0.1) is 18.2 Å². The average molecular weight is 731 g/mol. The average Bonchev–Trinajstić information content (AvgIpc) is 3.08. The van der Waals surface area contributed by atoms with E-state index < -0.39 is 35.8 Å². The summed E-state index contributed by atoms with van der Waals surface area (Å²) in [5.74, 6) is 0.808. The lowest BCUT2D eigenvalue weighted by atomic mass is 9.72. The SMILES string of the molecule is CC(C)(C)NC(=O)C1C[C@@H]2CCCC[C@@H]2CN1C[C@@H](O)[C@H](Cc1ccccc1)NC(=O)[C@@H](CSc1ccc2ccccc2c1)NC(=O)OC(C)(C)C.